The van der Waals surface area contributed by atoms with E-state index < -0.39 is 17.1 Å². The molecule has 0 spiro atoms. The average molecular weight is 411 g/mol. The molecule has 0 aliphatic heterocycles. The fourth-order valence-corrected chi connectivity index (χ4v) is 3.49. The lowest BCUT2D eigenvalue weighted by Gasteiger charge is -2.42. The standard InChI is InChI=1S/C22H23F2N5O/c1-3-17(23)19(26-4-2)22(8-5-9-22)13-29-21-27-11-15(12-28-21)16-10-14(20(25)30)6-7-18(16)24/h3-4,6-7,10-12H,2,5,8-9,13H2,1H3,(H2,25,30)(H,27,28,29)/b17-3+,26-19+. The Morgan fingerprint density at radius 1 is 1.37 bits per heavy atom. The number of rotatable bonds is 8. The second kappa shape index (κ2) is 8.94. The number of nitrogens with one attached hydrogen (secondary N) is 1. The molecule has 30 heavy (non-hydrogen) atoms. The molecule has 2 aromatic rings. The minimum atomic E-state index is -0.647. The van der Waals surface area contributed by atoms with E-state index in [2.05, 4.69) is 26.9 Å². The third-order valence-electron chi connectivity index (χ3n) is 5.31. The highest BCUT2D eigenvalue weighted by Gasteiger charge is 2.43. The quantitative estimate of drug-likeness (QED) is 0.629. The van der Waals surface area contributed by atoms with Gasteiger partial charge < -0.3 is 11.1 Å². The Kier molecular flexibility index (Phi) is 6.34. The average Bonchev–Trinajstić information content (AvgIpc) is 2.72. The van der Waals surface area contributed by atoms with E-state index in [1.54, 1.807) is 6.92 Å². The number of benzene rings is 1. The van der Waals surface area contributed by atoms with Crippen LogP contribution in [0.2, 0.25) is 0 Å². The van der Waals surface area contributed by atoms with Crippen molar-refractivity contribution < 1.29 is 13.6 Å². The summed E-state index contributed by atoms with van der Waals surface area (Å²) in [6.45, 7) is 5.62. The predicted molar refractivity (Wildman–Crippen MR) is 113 cm³/mol. The summed E-state index contributed by atoms with van der Waals surface area (Å²) in [5.41, 5.74) is 5.98. The number of hydrogen-bond acceptors (Lipinski definition) is 5. The van der Waals surface area contributed by atoms with Gasteiger partial charge in [-0.1, -0.05) is 13.0 Å². The fraction of sp³-hybridized carbons (Fsp3) is 0.273. The van der Waals surface area contributed by atoms with Gasteiger partial charge in [0.1, 0.15) is 11.6 Å². The van der Waals surface area contributed by atoms with Crippen molar-refractivity contribution in [1.82, 2.24) is 9.97 Å². The number of halogens is 2. The SMILES string of the molecule is C=C/N=C(\C(F)=C/C)C1(CNc2ncc(-c3cc(C(N)=O)ccc3F)cn2)CCC1. The fourth-order valence-electron chi connectivity index (χ4n) is 3.49. The smallest absolute Gasteiger partial charge is 0.248 e. The Balaban J connectivity index is 1.78. The van der Waals surface area contributed by atoms with Gasteiger partial charge >= 0.3 is 0 Å². The summed E-state index contributed by atoms with van der Waals surface area (Å²) in [5, 5.41) is 3.13. The lowest BCUT2D eigenvalue weighted by atomic mass is 9.65. The number of hydrogen-bond donors (Lipinski definition) is 2. The number of amides is 1. The number of carbonyl (C=O) groups excluding carboxylic acids is 1. The zero-order valence-electron chi connectivity index (χ0n) is 16.7. The van der Waals surface area contributed by atoms with Gasteiger partial charge in [0.25, 0.3) is 0 Å². The Hall–Kier alpha value is -3.42. The van der Waals surface area contributed by atoms with E-state index in [-0.39, 0.29) is 17.0 Å². The molecule has 3 N–H and O–H groups in total. The lowest BCUT2D eigenvalue weighted by Crippen LogP contribution is -2.44. The van der Waals surface area contributed by atoms with Crippen LogP contribution in [0.4, 0.5) is 14.7 Å². The van der Waals surface area contributed by atoms with Crippen molar-refractivity contribution in [3.63, 3.8) is 0 Å². The molecule has 1 amide bonds. The molecule has 1 aliphatic carbocycles. The van der Waals surface area contributed by atoms with Gasteiger partial charge in [-0.05, 0) is 44.0 Å². The third-order valence-corrected chi connectivity index (χ3v) is 5.31. The summed E-state index contributed by atoms with van der Waals surface area (Å²) in [4.78, 5) is 24.0. The van der Waals surface area contributed by atoms with Gasteiger partial charge in [-0.2, -0.15) is 0 Å². The first kappa shape index (κ1) is 21.3. The van der Waals surface area contributed by atoms with Gasteiger partial charge in [0.15, 0.2) is 0 Å². The van der Waals surface area contributed by atoms with Gasteiger partial charge in [-0.15, -0.1) is 0 Å². The molecule has 6 nitrogen and oxygen atoms in total. The van der Waals surface area contributed by atoms with Crippen LogP contribution in [0.1, 0.15) is 36.5 Å². The van der Waals surface area contributed by atoms with Crippen molar-refractivity contribution >= 4 is 17.6 Å². The molecule has 0 saturated heterocycles. The maximum absolute atomic E-state index is 14.3. The second-order valence-corrected chi connectivity index (χ2v) is 7.14. The number of aromatic nitrogens is 2. The highest BCUT2D eigenvalue weighted by Crippen LogP contribution is 2.44. The summed E-state index contributed by atoms with van der Waals surface area (Å²) >= 11 is 0. The Bertz CT molecular complexity index is 1010. The van der Waals surface area contributed by atoms with Crippen molar-refractivity contribution in [2.45, 2.75) is 26.2 Å². The van der Waals surface area contributed by atoms with Crippen LogP contribution in [-0.2, 0) is 0 Å². The number of primary amides is 1. The Labute approximate surface area is 173 Å². The van der Waals surface area contributed by atoms with Gasteiger partial charge in [0.2, 0.25) is 11.9 Å². The zero-order valence-corrected chi connectivity index (χ0v) is 16.7. The molecule has 0 bridgehead atoms. The number of allylic oxidation sites excluding steroid dienone is 2. The first-order valence-corrected chi connectivity index (χ1v) is 9.57. The van der Waals surface area contributed by atoms with Crippen LogP contribution in [0.15, 0.2) is 60.3 Å². The van der Waals surface area contributed by atoms with Crippen LogP contribution in [0.25, 0.3) is 11.1 Å². The van der Waals surface area contributed by atoms with Crippen LogP contribution in [0.3, 0.4) is 0 Å². The Morgan fingerprint density at radius 2 is 2.07 bits per heavy atom. The minimum Gasteiger partial charge on any atom is -0.366 e. The first-order chi connectivity index (χ1) is 14.4. The maximum Gasteiger partial charge on any atom is 0.248 e. The van der Waals surface area contributed by atoms with Gasteiger partial charge in [0, 0.05) is 47.2 Å². The van der Waals surface area contributed by atoms with E-state index in [0.29, 0.717) is 23.8 Å². The number of nitrogens with two attached hydrogens (primary N) is 1. The van der Waals surface area contributed by atoms with Crippen LogP contribution in [0.5, 0.6) is 0 Å². The molecule has 1 aliphatic rings. The van der Waals surface area contributed by atoms with Crippen LogP contribution in [-0.4, -0.2) is 28.1 Å². The summed E-state index contributed by atoms with van der Waals surface area (Å²) in [6.07, 6.45) is 8.20. The molecule has 1 saturated carbocycles. The molecule has 1 aromatic carbocycles. The molecule has 1 fully saturated rings. The summed E-state index contributed by atoms with van der Waals surface area (Å²) < 4.78 is 28.5. The summed E-state index contributed by atoms with van der Waals surface area (Å²) in [7, 11) is 0. The second-order valence-electron chi connectivity index (χ2n) is 7.14. The van der Waals surface area contributed by atoms with E-state index in [4.69, 9.17) is 5.73 Å². The van der Waals surface area contributed by atoms with Crippen LogP contribution >= 0.6 is 0 Å². The number of anilines is 1. The number of carbonyl (C=O) groups is 1. The number of nitrogens with zero attached hydrogens (tertiary/aromatic N) is 3. The molecule has 1 aromatic heterocycles. The van der Waals surface area contributed by atoms with E-state index >= 15 is 0 Å². The van der Waals surface area contributed by atoms with Crippen molar-refractivity contribution in [3.05, 3.63) is 66.7 Å². The van der Waals surface area contributed by atoms with Crippen LogP contribution in [0, 0.1) is 11.2 Å². The molecular weight excluding hydrogens is 388 g/mol. The van der Waals surface area contributed by atoms with Gasteiger partial charge in [-0.25, -0.2) is 18.7 Å². The molecule has 8 heteroatoms. The van der Waals surface area contributed by atoms with E-state index in [0.717, 1.165) is 19.3 Å². The van der Waals surface area contributed by atoms with Crippen molar-refractivity contribution in [2.24, 2.45) is 16.1 Å². The largest absolute Gasteiger partial charge is 0.366 e. The Morgan fingerprint density at radius 3 is 2.60 bits per heavy atom. The van der Waals surface area contributed by atoms with E-state index in [1.807, 2.05) is 0 Å². The topological polar surface area (TPSA) is 93.3 Å². The van der Waals surface area contributed by atoms with Crippen LogP contribution < -0.4 is 11.1 Å². The molecule has 156 valence electrons. The molecule has 0 unspecified atom stereocenters. The predicted octanol–water partition coefficient (Wildman–Crippen LogP) is 4.42. The monoisotopic (exact) mass is 411 g/mol. The van der Waals surface area contributed by atoms with Crippen molar-refractivity contribution in [1.29, 1.82) is 0 Å². The molecule has 0 atom stereocenters. The van der Waals surface area contributed by atoms with Gasteiger partial charge in [-0.3, -0.25) is 9.79 Å². The molecule has 3 rings (SSSR count). The third kappa shape index (κ3) is 4.27. The van der Waals surface area contributed by atoms with E-state index in [9.17, 15) is 13.6 Å². The van der Waals surface area contributed by atoms with Crippen molar-refractivity contribution in [3.8, 4) is 11.1 Å². The molecule has 0 radical (unpaired) electrons. The highest BCUT2D eigenvalue weighted by molar-refractivity contribution is 6.04. The maximum atomic E-state index is 14.3. The summed E-state index contributed by atoms with van der Waals surface area (Å²) in [6, 6.07) is 3.87. The lowest BCUT2D eigenvalue weighted by molar-refractivity contribution is 0.100. The van der Waals surface area contributed by atoms with Crippen molar-refractivity contribution in [2.75, 3.05) is 11.9 Å². The molecule has 1 heterocycles. The van der Waals surface area contributed by atoms with Gasteiger partial charge in [0.05, 0.1) is 5.71 Å². The first-order valence-electron chi connectivity index (χ1n) is 9.57. The van der Waals surface area contributed by atoms with E-state index in [1.165, 1.54) is 42.9 Å². The zero-order chi connectivity index (χ0) is 21.7. The number of aliphatic imine (C=N–C) groups is 1. The molecular formula is C22H23F2N5O. The minimum absolute atomic E-state index is 0.184. The summed E-state index contributed by atoms with van der Waals surface area (Å²) in [5.74, 6) is -1.19. The highest BCUT2D eigenvalue weighted by atomic mass is 19.1. The normalized spacial score (nSPS) is 16.0.